The Morgan fingerprint density at radius 3 is 2.40 bits per heavy atom. The van der Waals surface area contributed by atoms with Crippen LogP contribution in [-0.4, -0.2) is 28.8 Å². The highest BCUT2D eigenvalue weighted by molar-refractivity contribution is 5.75. The van der Waals surface area contributed by atoms with Crippen LogP contribution >= 0.6 is 0 Å². The molecule has 3 aromatic rings. The van der Waals surface area contributed by atoms with Crippen LogP contribution in [0.1, 0.15) is 25.3 Å². The second-order valence-corrected chi connectivity index (χ2v) is 6.59. The number of hydroxylamine groups is 1. The van der Waals surface area contributed by atoms with Crippen LogP contribution in [0.5, 0.6) is 0 Å². The summed E-state index contributed by atoms with van der Waals surface area (Å²) >= 11 is 0. The lowest BCUT2D eigenvalue weighted by molar-refractivity contribution is -0.132. The predicted molar refractivity (Wildman–Crippen MR) is 114 cm³/mol. The summed E-state index contributed by atoms with van der Waals surface area (Å²) in [5, 5.41) is 8.64. The number of benzene rings is 2. The molecule has 0 bridgehead atoms. The van der Waals surface area contributed by atoms with E-state index in [2.05, 4.69) is 23.2 Å². The van der Waals surface area contributed by atoms with Gasteiger partial charge in [-0.05, 0) is 60.7 Å². The molecule has 3 rings (SSSR count). The SMILES string of the molecule is CCOC(CCc1cccc(-c2ccncc2)c1)CC(=O)NO.Fc1ccccc1. The number of aromatic nitrogens is 1. The van der Waals surface area contributed by atoms with Gasteiger partial charge in [-0.3, -0.25) is 15.0 Å². The summed E-state index contributed by atoms with van der Waals surface area (Å²) in [6.07, 6.45) is 5.05. The van der Waals surface area contributed by atoms with Gasteiger partial charge >= 0.3 is 0 Å². The molecule has 0 aliphatic rings. The first kappa shape index (κ1) is 23.2. The Morgan fingerprint density at radius 2 is 1.80 bits per heavy atom. The average Bonchev–Trinajstić information content (AvgIpc) is 2.79. The first-order valence-corrected chi connectivity index (χ1v) is 9.86. The monoisotopic (exact) mass is 410 g/mol. The van der Waals surface area contributed by atoms with Gasteiger partial charge in [0.1, 0.15) is 5.82 Å². The minimum absolute atomic E-state index is 0.161. The van der Waals surface area contributed by atoms with Gasteiger partial charge in [0.15, 0.2) is 0 Å². The van der Waals surface area contributed by atoms with E-state index in [0.717, 1.165) is 24.0 Å². The van der Waals surface area contributed by atoms with Gasteiger partial charge < -0.3 is 4.74 Å². The second-order valence-electron chi connectivity index (χ2n) is 6.59. The molecule has 1 amide bonds. The number of nitrogens with one attached hydrogen (secondary N) is 1. The van der Waals surface area contributed by atoms with E-state index in [1.54, 1.807) is 36.1 Å². The van der Waals surface area contributed by atoms with Crippen LogP contribution in [0.15, 0.2) is 79.1 Å². The Morgan fingerprint density at radius 1 is 1.07 bits per heavy atom. The lowest BCUT2D eigenvalue weighted by Crippen LogP contribution is -2.26. The van der Waals surface area contributed by atoms with Crippen molar-refractivity contribution in [3.8, 4) is 11.1 Å². The molecule has 0 saturated carbocycles. The van der Waals surface area contributed by atoms with Gasteiger partial charge in [-0.15, -0.1) is 0 Å². The Balaban J connectivity index is 0.000000386. The normalized spacial score (nSPS) is 11.2. The number of carbonyl (C=O) groups is 1. The van der Waals surface area contributed by atoms with E-state index in [0.29, 0.717) is 6.61 Å². The van der Waals surface area contributed by atoms with Crippen molar-refractivity contribution in [2.45, 2.75) is 32.3 Å². The molecule has 30 heavy (non-hydrogen) atoms. The number of pyridine rings is 1. The molecule has 1 unspecified atom stereocenters. The van der Waals surface area contributed by atoms with Crippen molar-refractivity contribution in [3.05, 3.63) is 90.5 Å². The van der Waals surface area contributed by atoms with Gasteiger partial charge in [0.05, 0.1) is 12.5 Å². The standard InChI is InChI=1S/C18H22N2O3.C6H5F/c1-2-23-17(13-18(21)20-22)7-6-14-4-3-5-16(12-14)15-8-10-19-11-9-15;7-6-4-2-1-3-5-6/h3-5,8-12,17,22H,2,6-7,13H2,1H3,(H,20,21);1-5H. The van der Waals surface area contributed by atoms with Gasteiger partial charge in [-0.1, -0.05) is 42.5 Å². The number of hydrogen-bond acceptors (Lipinski definition) is 4. The fourth-order valence-corrected chi connectivity index (χ4v) is 2.93. The van der Waals surface area contributed by atoms with Crippen LogP contribution in [0.2, 0.25) is 0 Å². The zero-order chi connectivity index (χ0) is 21.6. The van der Waals surface area contributed by atoms with Crippen LogP contribution < -0.4 is 5.48 Å². The van der Waals surface area contributed by atoms with Crippen molar-refractivity contribution >= 4 is 5.91 Å². The fraction of sp³-hybridized carbons (Fsp3) is 0.250. The highest BCUT2D eigenvalue weighted by atomic mass is 19.1. The zero-order valence-corrected chi connectivity index (χ0v) is 17.0. The van der Waals surface area contributed by atoms with E-state index < -0.39 is 5.91 Å². The van der Waals surface area contributed by atoms with E-state index in [9.17, 15) is 9.18 Å². The van der Waals surface area contributed by atoms with Crippen LogP contribution in [-0.2, 0) is 16.0 Å². The molecule has 2 aromatic carbocycles. The van der Waals surface area contributed by atoms with Crippen LogP contribution in [0.3, 0.4) is 0 Å². The fourth-order valence-electron chi connectivity index (χ4n) is 2.93. The van der Waals surface area contributed by atoms with Crippen molar-refractivity contribution in [1.82, 2.24) is 10.5 Å². The van der Waals surface area contributed by atoms with E-state index >= 15 is 0 Å². The third kappa shape index (κ3) is 8.51. The molecule has 0 aliphatic heterocycles. The van der Waals surface area contributed by atoms with Crippen LogP contribution in [0.25, 0.3) is 11.1 Å². The predicted octanol–water partition coefficient (Wildman–Crippen LogP) is 4.81. The molecule has 5 nitrogen and oxygen atoms in total. The first-order valence-electron chi connectivity index (χ1n) is 9.86. The summed E-state index contributed by atoms with van der Waals surface area (Å²) in [7, 11) is 0. The third-order valence-electron chi connectivity index (χ3n) is 4.37. The van der Waals surface area contributed by atoms with Gasteiger partial charge in [0.2, 0.25) is 5.91 Å². The van der Waals surface area contributed by atoms with Gasteiger partial charge in [-0.25, -0.2) is 9.87 Å². The van der Waals surface area contributed by atoms with Crippen molar-refractivity contribution in [3.63, 3.8) is 0 Å². The number of hydrogen-bond donors (Lipinski definition) is 2. The third-order valence-corrected chi connectivity index (χ3v) is 4.37. The highest BCUT2D eigenvalue weighted by Crippen LogP contribution is 2.21. The number of carbonyl (C=O) groups excluding carboxylic acids is 1. The molecule has 0 saturated heterocycles. The number of halogens is 1. The first-order chi connectivity index (χ1) is 14.6. The molecular formula is C24H27FN2O3. The maximum absolute atomic E-state index is 11.9. The largest absolute Gasteiger partial charge is 0.378 e. The number of rotatable bonds is 8. The molecule has 2 N–H and O–H groups in total. The van der Waals surface area contributed by atoms with Crippen LogP contribution in [0.4, 0.5) is 4.39 Å². The molecule has 1 aromatic heterocycles. The smallest absolute Gasteiger partial charge is 0.245 e. The van der Waals surface area contributed by atoms with E-state index in [1.807, 2.05) is 25.1 Å². The average molecular weight is 410 g/mol. The van der Waals surface area contributed by atoms with Gasteiger partial charge in [0, 0.05) is 19.0 Å². The number of amides is 1. The Hall–Kier alpha value is -3.09. The number of ether oxygens (including phenoxy) is 1. The van der Waals surface area contributed by atoms with Crippen molar-refractivity contribution in [2.75, 3.05) is 6.61 Å². The summed E-state index contributed by atoms with van der Waals surface area (Å²) in [6, 6.07) is 20.2. The minimum Gasteiger partial charge on any atom is -0.378 e. The summed E-state index contributed by atoms with van der Waals surface area (Å²) in [5.41, 5.74) is 5.12. The number of aryl methyl sites for hydroxylation is 1. The molecule has 0 fully saturated rings. The Bertz CT molecular complexity index is 876. The molecular weight excluding hydrogens is 383 g/mol. The maximum Gasteiger partial charge on any atom is 0.245 e. The summed E-state index contributed by atoms with van der Waals surface area (Å²) in [5.74, 6) is -0.600. The molecule has 6 heteroatoms. The quantitative estimate of drug-likeness (QED) is 0.413. The summed E-state index contributed by atoms with van der Waals surface area (Å²) in [4.78, 5) is 15.3. The van der Waals surface area contributed by atoms with E-state index in [-0.39, 0.29) is 18.3 Å². The topological polar surface area (TPSA) is 71.5 Å². The van der Waals surface area contributed by atoms with Crippen LogP contribution in [0, 0.1) is 5.82 Å². The summed E-state index contributed by atoms with van der Waals surface area (Å²) in [6.45, 7) is 2.44. The Labute approximate surface area is 176 Å². The van der Waals surface area contributed by atoms with Crippen molar-refractivity contribution in [2.24, 2.45) is 0 Å². The molecule has 0 radical (unpaired) electrons. The van der Waals surface area contributed by atoms with E-state index in [4.69, 9.17) is 9.94 Å². The van der Waals surface area contributed by atoms with E-state index in [1.165, 1.54) is 17.7 Å². The minimum atomic E-state index is -0.422. The van der Waals surface area contributed by atoms with Gasteiger partial charge in [0.25, 0.3) is 0 Å². The second kappa shape index (κ2) is 13.2. The molecule has 1 heterocycles. The summed E-state index contributed by atoms with van der Waals surface area (Å²) < 4.78 is 17.5. The molecule has 0 aliphatic carbocycles. The van der Waals surface area contributed by atoms with Crippen molar-refractivity contribution in [1.29, 1.82) is 0 Å². The molecule has 0 spiro atoms. The maximum atomic E-state index is 11.9. The molecule has 158 valence electrons. The highest BCUT2D eigenvalue weighted by Gasteiger charge is 2.14. The molecule has 1 atom stereocenters. The zero-order valence-electron chi connectivity index (χ0n) is 17.0. The van der Waals surface area contributed by atoms with Gasteiger partial charge in [-0.2, -0.15) is 0 Å². The van der Waals surface area contributed by atoms with Crippen molar-refractivity contribution < 1.29 is 19.1 Å². The lowest BCUT2D eigenvalue weighted by atomic mass is 10.00. The number of nitrogens with zero attached hydrogens (tertiary/aromatic N) is 1. The lowest BCUT2D eigenvalue weighted by Gasteiger charge is -2.16. The Kier molecular flexibility index (Phi) is 10.2.